The number of hydrogen-bond acceptors (Lipinski definition) is 3. The van der Waals surface area contributed by atoms with Crippen molar-refractivity contribution in [1.29, 1.82) is 0 Å². The van der Waals surface area contributed by atoms with Gasteiger partial charge >= 0.3 is 0 Å². The van der Waals surface area contributed by atoms with Crippen LogP contribution in [0.1, 0.15) is 43.1 Å². The van der Waals surface area contributed by atoms with E-state index in [1.54, 1.807) is 6.26 Å². The minimum atomic E-state index is 0.196. The molecule has 1 heterocycles. The quantitative estimate of drug-likeness (QED) is 0.478. The van der Waals surface area contributed by atoms with Crippen LogP contribution in [-0.2, 0) is 13.0 Å². The van der Waals surface area contributed by atoms with E-state index in [1.165, 1.54) is 11.1 Å². The molecule has 0 unspecified atom stereocenters. The van der Waals surface area contributed by atoms with Crippen molar-refractivity contribution in [3.05, 3.63) is 89.9 Å². The van der Waals surface area contributed by atoms with Crippen molar-refractivity contribution in [2.75, 3.05) is 6.54 Å². The molecule has 0 radical (unpaired) electrons. The Morgan fingerprint density at radius 2 is 1.70 bits per heavy atom. The highest BCUT2D eigenvalue weighted by Crippen LogP contribution is 2.26. The normalized spacial score (nSPS) is 12.3. The average molecular weight is 364 g/mol. The van der Waals surface area contributed by atoms with Gasteiger partial charge in [-0.1, -0.05) is 42.5 Å². The lowest BCUT2D eigenvalue weighted by molar-refractivity contribution is 0.242. The summed E-state index contributed by atoms with van der Waals surface area (Å²) in [6, 6.07) is 23.2. The van der Waals surface area contributed by atoms with Crippen molar-refractivity contribution in [3.8, 4) is 5.75 Å². The topological polar surface area (TPSA) is 34.4 Å². The molecule has 0 aliphatic rings. The average Bonchev–Trinajstić information content (AvgIpc) is 3.19. The highest BCUT2D eigenvalue weighted by atomic mass is 16.5. The summed E-state index contributed by atoms with van der Waals surface area (Å²) in [7, 11) is 0. The molecule has 0 saturated carbocycles. The molecule has 0 saturated heterocycles. The molecule has 0 aliphatic heterocycles. The number of benzene rings is 2. The third kappa shape index (κ3) is 6.30. The number of ether oxygens (including phenoxy) is 1. The number of rotatable bonds is 10. The fraction of sp³-hybridized carbons (Fsp3) is 0.333. The molecule has 27 heavy (non-hydrogen) atoms. The molecule has 3 aromatic rings. The first-order valence-electron chi connectivity index (χ1n) is 9.74. The highest BCUT2D eigenvalue weighted by molar-refractivity contribution is 5.31. The lowest BCUT2D eigenvalue weighted by Crippen LogP contribution is -2.18. The van der Waals surface area contributed by atoms with Crippen LogP contribution in [0.3, 0.4) is 0 Å². The summed E-state index contributed by atoms with van der Waals surface area (Å²) in [5.74, 6) is 2.37. The Labute approximate surface area is 162 Å². The third-order valence-corrected chi connectivity index (χ3v) is 4.60. The first kappa shape index (κ1) is 19.2. The van der Waals surface area contributed by atoms with Gasteiger partial charge in [-0.15, -0.1) is 0 Å². The Hall–Kier alpha value is -2.52. The molecule has 3 rings (SSSR count). The van der Waals surface area contributed by atoms with Crippen molar-refractivity contribution in [3.63, 3.8) is 0 Å². The van der Waals surface area contributed by atoms with Gasteiger partial charge in [0, 0.05) is 0 Å². The van der Waals surface area contributed by atoms with E-state index in [1.807, 2.05) is 12.1 Å². The van der Waals surface area contributed by atoms with Crippen LogP contribution in [0.25, 0.3) is 0 Å². The molecule has 0 amide bonds. The van der Waals surface area contributed by atoms with Crippen molar-refractivity contribution < 1.29 is 9.15 Å². The fourth-order valence-corrected chi connectivity index (χ4v) is 3.28. The number of hydrogen-bond donors (Lipinski definition) is 1. The molecular formula is C24H29NO2. The van der Waals surface area contributed by atoms with Crippen LogP contribution >= 0.6 is 0 Å². The predicted octanol–water partition coefficient (Wildman–Crippen LogP) is 5.57. The Kier molecular flexibility index (Phi) is 7.11. The maximum absolute atomic E-state index is 5.78. The van der Waals surface area contributed by atoms with Crippen molar-refractivity contribution in [2.45, 2.75) is 45.3 Å². The van der Waals surface area contributed by atoms with E-state index in [4.69, 9.17) is 9.15 Å². The van der Waals surface area contributed by atoms with E-state index >= 15 is 0 Å². The van der Waals surface area contributed by atoms with E-state index < -0.39 is 0 Å². The van der Waals surface area contributed by atoms with Crippen LogP contribution in [0, 0.1) is 0 Å². The second-order valence-electron chi connectivity index (χ2n) is 7.17. The highest BCUT2D eigenvalue weighted by Gasteiger charge is 2.13. The first-order valence-corrected chi connectivity index (χ1v) is 9.74. The maximum atomic E-state index is 5.78. The summed E-state index contributed by atoms with van der Waals surface area (Å²) in [6.45, 7) is 5.82. The van der Waals surface area contributed by atoms with Crippen molar-refractivity contribution >= 4 is 0 Å². The van der Waals surface area contributed by atoms with Crippen LogP contribution < -0.4 is 10.1 Å². The Morgan fingerprint density at radius 3 is 2.37 bits per heavy atom. The van der Waals surface area contributed by atoms with Crippen molar-refractivity contribution in [1.82, 2.24) is 5.32 Å². The van der Waals surface area contributed by atoms with Crippen LogP contribution in [0.15, 0.2) is 77.4 Å². The second-order valence-corrected chi connectivity index (χ2v) is 7.17. The van der Waals surface area contributed by atoms with E-state index in [9.17, 15) is 0 Å². The van der Waals surface area contributed by atoms with Gasteiger partial charge < -0.3 is 14.5 Å². The molecule has 2 aromatic carbocycles. The summed E-state index contributed by atoms with van der Waals surface area (Å²) in [6.07, 6.45) is 4.02. The molecule has 3 heteroatoms. The van der Waals surface area contributed by atoms with Gasteiger partial charge in [0.05, 0.1) is 18.9 Å². The Bertz CT molecular complexity index is 764. The van der Waals surface area contributed by atoms with E-state index in [-0.39, 0.29) is 6.10 Å². The number of furan rings is 1. The summed E-state index contributed by atoms with van der Waals surface area (Å²) >= 11 is 0. The molecule has 0 spiro atoms. The molecule has 3 nitrogen and oxygen atoms in total. The standard InChI is InChI=1S/C24H29NO2/c1-19(2)27-23-12-10-21(11-13-23)22(17-20-7-4-3-5-8-20)14-15-25-18-24-9-6-16-26-24/h3-13,16,19,22,25H,14-15,17-18H2,1-2H3/t22-/m0/s1. The minimum absolute atomic E-state index is 0.196. The van der Waals surface area contributed by atoms with E-state index in [0.29, 0.717) is 5.92 Å². The summed E-state index contributed by atoms with van der Waals surface area (Å²) in [5.41, 5.74) is 2.73. The SMILES string of the molecule is CC(C)Oc1ccc([C@@H](CCNCc2ccco2)Cc2ccccc2)cc1. The Balaban J connectivity index is 1.63. The molecule has 0 fully saturated rings. The van der Waals surface area contributed by atoms with Gasteiger partial charge in [-0.25, -0.2) is 0 Å². The zero-order valence-electron chi connectivity index (χ0n) is 16.2. The predicted molar refractivity (Wildman–Crippen MR) is 110 cm³/mol. The molecule has 0 bridgehead atoms. The molecule has 1 N–H and O–H groups in total. The van der Waals surface area contributed by atoms with Crippen LogP contribution in [0.2, 0.25) is 0 Å². The summed E-state index contributed by atoms with van der Waals surface area (Å²) in [5, 5.41) is 3.49. The monoisotopic (exact) mass is 363 g/mol. The van der Waals surface area contributed by atoms with Gasteiger partial charge in [-0.3, -0.25) is 0 Å². The van der Waals surface area contributed by atoms with E-state index in [0.717, 1.165) is 37.4 Å². The molecule has 142 valence electrons. The lowest BCUT2D eigenvalue weighted by atomic mass is 9.89. The molecule has 1 aromatic heterocycles. The van der Waals surface area contributed by atoms with Gasteiger partial charge in [-0.05, 0) is 74.5 Å². The van der Waals surface area contributed by atoms with Gasteiger partial charge in [0.2, 0.25) is 0 Å². The third-order valence-electron chi connectivity index (χ3n) is 4.60. The van der Waals surface area contributed by atoms with Gasteiger partial charge in [0.25, 0.3) is 0 Å². The second kappa shape index (κ2) is 9.98. The van der Waals surface area contributed by atoms with Crippen molar-refractivity contribution in [2.24, 2.45) is 0 Å². The van der Waals surface area contributed by atoms with Crippen LogP contribution in [-0.4, -0.2) is 12.6 Å². The number of nitrogens with one attached hydrogen (secondary N) is 1. The molecule has 1 atom stereocenters. The van der Waals surface area contributed by atoms with Gasteiger partial charge in [0.15, 0.2) is 0 Å². The maximum Gasteiger partial charge on any atom is 0.119 e. The zero-order chi connectivity index (χ0) is 18.9. The molecule has 0 aliphatic carbocycles. The Morgan fingerprint density at radius 1 is 0.926 bits per heavy atom. The van der Waals surface area contributed by atoms with E-state index in [2.05, 4.69) is 73.8 Å². The van der Waals surface area contributed by atoms with Gasteiger partial charge in [0.1, 0.15) is 11.5 Å². The van der Waals surface area contributed by atoms with Gasteiger partial charge in [-0.2, -0.15) is 0 Å². The minimum Gasteiger partial charge on any atom is -0.491 e. The fourth-order valence-electron chi connectivity index (χ4n) is 3.28. The van der Waals surface area contributed by atoms with Crippen LogP contribution in [0.4, 0.5) is 0 Å². The summed E-state index contributed by atoms with van der Waals surface area (Å²) in [4.78, 5) is 0. The summed E-state index contributed by atoms with van der Waals surface area (Å²) < 4.78 is 11.2. The largest absolute Gasteiger partial charge is 0.491 e. The smallest absolute Gasteiger partial charge is 0.119 e. The van der Waals surface area contributed by atoms with Crippen LogP contribution in [0.5, 0.6) is 5.75 Å². The first-order chi connectivity index (χ1) is 13.2. The zero-order valence-corrected chi connectivity index (χ0v) is 16.2. The lowest BCUT2D eigenvalue weighted by Gasteiger charge is -2.19. The molecular weight excluding hydrogens is 334 g/mol.